The zero-order valence-corrected chi connectivity index (χ0v) is 8.86. The average molecular weight is 190 g/mol. The third-order valence-corrected chi connectivity index (χ3v) is 1.91. The zero-order chi connectivity index (χ0) is 10.3. The normalized spacial score (nSPS) is 16.2. The van der Waals surface area contributed by atoms with E-state index in [4.69, 9.17) is 10.5 Å². The molecular formula is C9H22N2O2. The molecule has 0 aliphatic carbocycles. The van der Waals surface area contributed by atoms with E-state index in [1.54, 1.807) is 7.11 Å². The summed E-state index contributed by atoms with van der Waals surface area (Å²) in [6.07, 6.45) is -0.403. The zero-order valence-electron chi connectivity index (χ0n) is 8.86. The minimum Gasteiger partial charge on any atom is -0.389 e. The maximum Gasteiger partial charge on any atom is 0.0899 e. The van der Waals surface area contributed by atoms with Crippen LogP contribution in [-0.4, -0.2) is 56.5 Å². The summed E-state index contributed by atoms with van der Waals surface area (Å²) in [5.74, 6) is 0.472. The Kier molecular flexibility index (Phi) is 7.17. The minimum atomic E-state index is -0.403. The molecule has 3 N–H and O–H groups in total. The molecule has 0 aromatic rings. The van der Waals surface area contributed by atoms with Crippen molar-refractivity contribution in [2.45, 2.75) is 13.0 Å². The van der Waals surface area contributed by atoms with E-state index in [1.165, 1.54) is 0 Å². The van der Waals surface area contributed by atoms with Crippen molar-refractivity contribution in [2.75, 3.05) is 40.4 Å². The third kappa shape index (κ3) is 6.95. The van der Waals surface area contributed by atoms with Gasteiger partial charge in [-0.05, 0) is 19.5 Å². The number of likely N-dealkylation sites (N-methyl/N-ethyl adjacent to an activating group) is 1. The highest BCUT2D eigenvalue weighted by Gasteiger charge is 2.09. The number of methoxy groups -OCH3 is 1. The Morgan fingerprint density at radius 1 is 1.46 bits per heavy atom. The topological polar surface area (TPSA) is 58.7 Å². The van der Waals surface area contributed by atoms with Crippen LogP contribution in [0, 0.1) is 5.92 Å². The van der Waals surface area contributed by atoms with Gasteiger partial charge in [-0.2, -0.15) is 0 Å². The summed E-state index contributed by atoms with van der Waals surface area (Å²) >= 11 is 0. The van der Waals surface area contributed by atoms with Crippen molar-refractivity contribution in [2.24, 2.45) is 11.7 Å². The summed E-state index contributed by atoms with van der Waals surface area (Å²) in [6, 6.07) is 0. The van der Waals surface area contributed by atoms with Crippen LogP contribution in [0.3, 0.4) is 0 Å². The molecule has 0 saturated carbocycles. The first kappa shape index (κ1) is 12.8. The quantitative estimate of drug-likeness (QED) is 0.569. The molecule has 0 fully saturated rings. The predicted octanol–water partition coefficient (Wildman–Crippen LogP) is -0.480. The number of hydrogen-bond acceptors (Lipinski definition) is 4. The third-order valence-electron chi connectivity index (χ3n) is 1.91. The van der Waals surface area contributed by atoms with Gasteiger partial charge in [0.25, 0.3) is 0 Å². The highest BCUT2D eigenvalue weighted by molar-refractivity contribution is 4.64. The molecule has 80 valence electrons. The van der Waals surface area contributed by atoms with Crippen molar-refractivity contribution < 1.29 is 9.84 Å². The summed E-state index contributed by atoms with van der Waals surface area (Å²) in [5.41, 5.74) is 5.50. The van der Waals surface area contributed by atoms with E-state index in [2.05, 4.69) is 11.8 Å². The molecule has 4 nitrogen and oxygen atoms in total. The molecule has 2 unspecified atom stereocenters. The molecule has 0 aliphatic heterocycles. The molecule has 0 aromatic carbocycles. The Labute approximate surface area is 80.7 Å². The molecule has 0 rings (SSSR count). The van der Waals surface area contributed by atoms with Gasteiger partial charge in [0.1, 0.15) is 0 Å². The van der Waals surface area contributed by atoms with Crippen molar-refractivity contribution in [3.8, 4) is 0 Å². The number of rotatable bonds is 7. The lowest BCUT2D eigenvalue weighted by Crippen LogP contribution is -2.36. The van der Waals surface area contributed by atoms with Crippen molar-refractivity contribution in [1.82, 2.24) is 4.90 Å². The van der Waals surface area contributed by atoms with Crippen LogP contribution in [0.5, 0.6) is 0 Å². The van der Waals surface area contributed by atoms with Crippen LogP contribution in [0.2, 0.25) is 0 Å². The second-order valence-corrected chi connectivity index (χ2v) is 3.67. The van der Waals surface area contributed by atoms with Gasteiger partial charge in [-0.15, -0.1) is 0 Å². The second-order valence-electron chi connectivity index (χ2n) is 3.67. The molecule has 4 heteroatoms. The number of nitrogens with two attached hydrogens (primary N) is 1. The molecule has 0 radical (unpaired) electrons. The van der Waals surface area contributed by atoms with Gasteiger partial charge >= 0.3 is 0 Å². The number of ether oxygens (including phenoxy) is 1. The maximum absolute atomic E-state index is 9.41. The van der Waals surface area contributed by atoms with Crippen molar-refractivity contribution in [3.05, 3.63) is 0 Å². The fraction of sp³-hybridized carbons (Fsp3) is 1.00. The Morgan fingerprint density at radius 3 is 2.54 bits per heavy atom. The molecule has 0 saturated heterocycles. The van der Waals surface area contributed by atoms with E-state index in [0.29, 0.717) is 25.6 Å². The Hall–Kier alpha value is -0.160. The van der Waals surface area contributed by atoms with Crippen LogP contribution in [-0.2, 0) is 4.74 Å². The molecule has 0 aliphatic rings. The van der Waals surface area contributed by atoms with Crippen LogP contribution >= 0.6 is 0 Å². The van der Waals surface area contributed by atoms with Gasteiger partial charge in [0.15, 0.2) is 0 Å². The predicted molar refractivity (Wildman–Crippen MR) is 53.6 cm³/mol. The van der Waals surface area contributed by atoms with Crippen LogP contribution in [0.4, 0.5) is 0 Å². The number of aliphatic hydroxyl groups is 1. The first-order valence-corrected chi connectivity index (χ1v) is 4.65. The highest BCUT2D eigenvalue weighted by Crippen LogP contribution is 1.97. The number of hydrogen-bond donors (Lipinski definition) is 2. The van der Waals surface area contributed by atoms with Crippen molar-refractivity contribution >= 4 is 0 Å². The average Bonchev–Trinajstić information content (AvgIpc) is 2.04. The first-order chi connectivity index (χ1) is 6.10. The lowest BCUT2D eigenvalue weighted by Gasteiger charge is -2.22. The molecule has 0 heterocycles. The number of aliphatic hydroxyl groups excluding tert-OH is 1. The monoisotopic (exact) mass is 190 g/mol. The molecule has 0 aromatic heterocycles. The summed E-state index contributed by atoms with van der Waals surface area (Å²) < 4.78 is 4.83. The van der Waals surface area contributed by atoms with Gasteiger partial charge in [0.05, 0.1) is 12.7 Å². The fourth-order valence-corrected chi connectivity index (χ4v) is 1.29. The fourth-order valence-electron chi connectivity index (χ4n) is 1.29. The molecule has 0 spiro atoms. The van der Waals surface area contributed by atoms with Crippen LogP contribution in [0.25, 0.3) is 0 Å². The molecule has 0 bridgehead atoms. The van der Waals surface area contributed by atoms with E-state index in [-0.39, 0.29) is 0 Å². The van der Waals surface area contributed by atoms with Gasteiger partial charge in [0.2, 0.25) is 0 Å². The smallest absolute Gasteiger partial charge is 0.0899 e. The Morgan fingerprint density at radius 2 is 2.08 bits per heavy atom. The standard InChI is InChI=1S/C9H22N2O2/c1-8(4-10)5-11(2)6-9(12)7-13-3/h8-9,12H,4-7,10H2,1-3H3. The molecule has 2 atom stereocenters. The first-order valence-electron chi connectivity index (χ1n) is 4.65. The summed E-state index contributed by atoms with van der Waals surface area (Å²) in [7, 11) is 3.57. The van der Waals surface area contributed by atoms with Gasteiger partial charge in [0, 0.05) is 20.2 Å². The van der Waals surface area contributed by atoms with Crippen LogP contribution < -0.4 is 5.73 Å². The van der Waals surface area contributed by atoms with E-state index in [9.17, 15) is 5.11 Å². The Balaban J connectivity index is 3.54. The number of nitrogens with zero attached hydrogens (tertiary/aromatic N) is 1. The van der Waals surface area contributed by atoms with E-state index in [1.807, 2.05) is 7.05 Å². The van der Waals surface area contributed by atoms with Crippen LogP contribution in [0.15, 0.2) is 0 Å². The molecular weight excluding hydrogens is 168 g/mol. The summed E-state index contributed by atoms with van der Waals surface area (Å²) in [6.45, 7) is 4.72. The molecule has 13 heavy (non-hydrogen) atoms. The second kappa shape index (κ2) is 7.26. The molecule has 0 amide bonds. The largest absolute Gasteiger partial charge is 0.389 e. The highest BCUT2D eigenvalue weighted by atomic mass is 16.5. The van der Waals surface area contributed by atoms with Gasteiger partial charge < -0.3 is 20.5 Å². The Bertz CT molecular complexity index is 122. The van der Waals surface area contributed by atoms with Gasteiger partial charge in [-0.1, -0.05) is 6.92 Å². The summed E-state index contributed by atoms with van der Waals surface area (Å²) in [4.78, 5) is 2.07. The lowest BCUT2D eigenvalue weighted by atomic mass is 10.1. The van der Waals surface area contributed by atoms with Crippen molar-refractivity contribution in [1.29, 1.82) is 0 Å². The van der Waals surface area contributed by atoms with E-state index in [0.717, 1.165) is 6.54 Å². The van der Waals surface area contributed by atoms with Crippen LogP contribution in [0.1, 0.15) is 6.92 Å². The SMILES string of the molecule is COCC(O)CN(C)CC(C)CN. The van der Waals surface area contributed by atoms with Crippen molar-refractivity contribution in [3.63, 3.8) is 0 Å². The maximum atomic E-state index is 9.41. The van der Waals surface area contributed by atoms with Gasteiger partial charge in [-0.25, -0.2) is 0 Å². The van der Waals surface area contributed by atoms with Gasteiger partial charge in [-0.3, -0.25) is 0 Å². The van der Waals surface area contributed by atoms with E-state index >= 15 is 0 Å². The van der Waals surface area contributed by atoms with E-state index < -0.39 is 6.10 Å². The minimum absolute atomic E-state index is 0.390. The lowest BCUT2D eigenvalue weighted by molar-refractivity contribution is 0.0410. The summed E-state index contributed by atoms with van der Waals surface area (Å²) in [5, 5.41) is 9.41.